The molecular weight excluding hydrogens is 264 g/mol. The van der Waals surface area contributed by atoms with Gasteiger partial charge in [-0.05, 0) is 44.8 Å². The van der Waals surface area contributed by atoms with Crippen molar-refractivity contribution in [2.75, 3.05) is 38.2 Å². The summed E-state index contributed by atoms with van der Waals surface area (Å²) < 4.78 is 5.33. The van der Waals surface area contributed by atoms with Crippen molar-refractivity contribution in [3.05, 3.63) is 12.3 Å². The van der Waals surface area contributed by atoms with Crippen LogP contribution in [0.15, 0.2) is 12.3 Å². The number of nitrogens with zero attached hydrogens (tertiary/aromatic N) is 3. The van der Waals surface area contributed by atoms with E-state index in [-0.39, 0.29) is 12.4 Å². The molecule has 0 bridgehead atoms. The molecule has 2 rings (SSSR count). The van der Waals surface area contributed by atoms with Crippen LogP contribution in [-0.2, 0) is 0 Å². The highest BCUT2D eigenvalue weighted by Crippen LogP contribution is 2.17. The largest absolute Gasteiger partial charge is 0.464 e. The highest BCUT2D eigenvalue weighted by atomic mass is 35.5. The van der Waals surface area contributed by atoms with Gasteiger partial charge in [0.1, 0.15) is 5.82 Å². The van der Waals surface area contributed by atoms with Crippen molar-refractivity contribution in [3.63, 3.8) is 0 Å². The van der Waals surface area contributed by atoms with E-state index in [2.05, 4.69) is 27.2 Å². The van der Waals surface area contributed by atoms with Gasteiger partial charge in [-0.25, -0.2) is 4.98 Å². The van der Waals surface area contributed by atoms with Gasteiger partial charge >= 0.3 is 6.01 Å². The van der Waals surface area contributed by atoms with E-state index in [0.717, 1.165) is 31.4 Å². The average molecular weight is 287 g/mol. The number of aromatic nitrogens is 2. The lowest BCUT2D eigenvalue weighted by atomic mass is 9.98. The zero-order valence-corrected chi connectivity index (χ0v) is 12.4. The summed E-state index contributed by atoms with van der Waals surface area (Å²) in [7, 11) is 2.08. The third kappa shape index (κ3) is 4.84. The summed E-state index contributed by atoms with van der Waals surface area (Å²) in [6.45, 7) is 5.85. The van der Waals surface area contributed by atoms with Gasteiger partial charge in [0, 0.05) is 19.8 Å². The van der Waals surface area contributed by atoms with E-state index in [1.165, 1.54) is 12.8 Å². The lowest BCUT2D eigenvalue weighted by Gasteiger charge is -2.28. The Morgan fingerprint density at radius 2 is 2.16 bits per heavy atom. The SMILES string of the molecule is CCOc1nccc(N(C)CC2CCNCC2)n1.Cl. The molecule has 1 fully saturated rings. The van der Waals surface area contributed by atoms with Gasteiger partial charge in [-0.2, -0.15) is 4.98 Å². The van der Waals surface area contributed by atoms with E-state index in [1.54, 1.807) is 6.20 Å². The maximum atomic E-state index is 5.33. The summed E-state index contributed by atoms with van der Waals surface area (Å²) in [5.41, 5.74) is 0. The van der Waals surface area contributed by atoms with Gasteiger partial charge in [-0.3, -0.25) is 0 Å². The van der Waals surface area contributed by atoms with Crippen LogP contribution in [0.25, 0.3) is 0 Å². The van der Waals surface area contributed by atoms with Crippen molar-refractivity contribution in [2.45, 2.75) is 19.8 Å². The van der Waals surface area contributed by atoms with Crippen LogP contribution in [0.1, 0.15) is 19.8 Å². The van der Waals surface area contributed by atoms with Gasteiger partial charge in [0.2, 0.25) is 0 Å². The second-order valence-electron chi connectivity index (χ2n) is 4.70. The predicted octanol–water partition coefficient (Wildman–Crippen LogP) is 1.73. The van der Waals surface area contributed by atoms with Gasteiger partial charge in [-0.1, -0.05) is 0 Å². The number of hydrogen-bond acceptors (Lipinski definition) is 5. The molecule has 1 aliphatic rings. The monoisotopic (exact) mass is 286 g/mol. The van der Waals surface area contributed by atoms with Crippen LogP contribution in [0.3, 0.4) is 0 Å². The maximum absolute atomic E-state index is 5.33. The Balaban J connectivity index is 0.00000180. The van der Waals surface area contributed by atoms with Crippen molar-refractivity contribution in [3.8, 4) is 6.01 Å². The summed E-state index contributed by atoms with van der Waals surface area (Å²) >= 11 is 0. The molecule has 0 amide bonds. The fraction of sp³-hybridized carbons (Fsp3) is 0.692. The summed E-state index contributed by atoms with van der Waals surface area (Å²) in [6, 6.07) is 2.40. The number of nitrogens with one attached hydrogen (secondary N) is 1. The van der Waals surface area contributed by atoms with E-state index < -0.39 is 0 Å². The van der Waals surface area contributed by atoms with Crippen molar-refractivity contribution < 1.29 is 4.74 Å². The predicted molar refractivity (Wildman–Crippen MR) is 79.3 cm³/mol. The Kier molecular flexibility index (Phi) is 6.87. The second kappa shape index (κ2) is 8.17. The molecule has 0 spiro atoms. The number of ether oxygens (including phenoxy) is 1. The molecule has 108 valence electrons. The summed E-state index contributed by atoms with van der Waals surface area (Å²) in [5, 5.41) is 3.39. The van der Waals surface area contributed by atoms with Gasteiger partial charge < -0.3 is 15.0 Å². The van der Waals surface area contributed by atoms with Crippen molar-refractivity contribution in [2.24, 2.45) is 5.92 Å². The lowest BCUT2D eigenvalue weighted by molar-refractivity contribution is 0.312. The van der Waals surface area contributed by atoms with Gasteiger partial charge in [0.15, 0.2) is 0 Å². The standard InChI is InChI=1S/C13H22N4O.ClH/c1-3-18-13-15-9-6-12(16-13)17(2)10-11-4-7-14-8-5-11;/h6,9,11,14H,3-5,7-8,10H2,1-2H3;1H. The summed E-state index contributed by atoms with van der Waals surface area (Å²) in [5.74, 6) is 1.69. The minimum absolute atomic E-state index is 0. The molecule has 5 nitrogen and oxygen atoms in total. The smallest absolute Gasteiger partial charge is 0.318 e. The summed E-state index contributed by atoms with van der Waals surface area (Å²) in [4.78, 5) is 10.7. The molecule has 1 aromatic rings. The topological polar surface area (TPSA) is 50.3 Å². The molecule has 2 heterocycles. The third-order valence-electron chi connectivity index (χ3n) is 3.27. The first-order chi connectivity index (χ1) is 8.79. The van der Waals surface area contributed by atoms with Gasteiger partial charge in [-0.15, -0.1) is 12.4 Å². The Hall–Kier alpha value is -1.07. The molecule has 0 unspecified atom stereocenters. The van der Waals surface area contributed by atoms with E-state index in [1.807, 2.05) is 13.0 Å². The Morgan fingerprint density at radius 3 is 2.84 bits per heavy atom. The van der Waals surface area contributed by atoms with Crippen LogP contribution in [-0.4, -0.2) is 43.3 Å². The van der Waals surface area contributed by atoms with Crippen LogP contribution in [0, 0.1) is 5.92 Å². The maximum Gasteiger partial charge on any atom is 0.318 e. The molecule has 19 heavy (non-hydrogen) atoms. The van der Waals surface area contributed by atoms with Gasteiger partial charge in [0.25, 0.3) is 0 Å². The van der Waals surface area contributed by atoms with Gasteiger partial charge in [0.05, 0.1) is 6.61 Å². The first-order valence-corrected chi connectivity index (χ1v) is 6.67. The highest BCUT2D eigenvalue weighted by Gasteiger charge is 2.16. The van der Waals surface area contributed by atoms with Crippen molar-refractivity contribution >= 4 is 18.2 Å². The lowest BCUT2D eigenvalue weighted by Crippen LogP contribution is -2.34. The molecular formula is C13H23ClN4O. The first kappa shape index (κ1) is 16.0. The average Bonchev–Trinajstić information content (AvgIpc) is 2.40. The van der Waals surface area contributed by atoms with Crippen LogP contribution in [0.2, 0.25) is 0 Å². The molecule has 0 atom stereocenters. The molecule has 1 aliphatic heterocycles. The molecule has 0 saturated carbocycles. The minimum atomic E-state index is 0. The minimum Gasteiger partial charge on any atom is -0.464 e. The molecule has 1 aromatic heterocycles. The van der Waals surface area contributed by atoms with Crippen LogP contribution < -0.4 is 15.0 Å². The quantitative estimate of drug-likeness (QED) is 0.893. The van der Waals surface area contributed by atoms with Crippen molar-refractivity contribution in [1.82, 2.24) is 15.3 Å². The van der Waals surface area contributed by atoms with Crippen LogP contribution in [0.5, 0.6) is 6.01 Å². The Labute approximate surface area is 121 Å². The van der Waals surface area contributed by atoms with E-state index in [9.17, 15) is 0 Å². The number of piperidine rings is 1. The number of anilines is 1. The fourth-order valence-electron chi connectivity index (χ4n) is 2.29. The molecule has 0 radical (unpaired) electrons. The second-order valence-corrected chi connectivity index (χ2v) is 4.70. The summed E-state index contributed by atoms with van der Waals surface area (Å²) in [6.07, 6.45) is 4.24. The van der Waals surface area contributed by atoms with Crippen molar-refractivity contribution in [1.29, 1.82) is 0 Å². The first-order valence-electron chi connectivity index (χ1n) is 6.67. The molecule has 6 heteroatoms. The third-order valence-corrected chi connectivity index (χ3v) is 3.27. The Bertz CT molecular complexity index is 371. The molecule has 0 aromatic carbocycles. The molecule has 1 N–H and O–H groups in total. The van der Waals surface area contributed by atoms with Crippen LogP contribution >= 0.6 is 12.4 Å². The van der Waals surface area contributed by atoms with E-state index >= 15 is 0 Å². The highest BCUT2D eigenvalue weighted by molar-refractivity contribution is 5.85. The van der Waals surface area contributed by atoms with E-state index in [0.29, 0.717) is 12.6 Å². The normalized spacial score (nSPS) is 15.7. The fourth-order valence-corrected chi connectivity index (χ4v) is 2.29. The van der Waals surface area contributed by atoms with Crippen LogP contribution in [0.4, 0.5) is 5.82 Å². The zero-order valence-electron chi connectivity index (χ0n) is 11.6. The number of halogens is 1. The molecule has 1 saturated heterocycles. The molecule has 0 aliphatic carbocycles. The Morgan fingerprint density at radius 1 is 1.42 bits per heavy atom. The number of hydrogen-bond donors (Lipinski definition) is 1. The van der Waals surface area contributed by atoms with E-state index in [4.69, 9.17) is 4.74 Å². The number of rotatable bonds is 5. The zero-order chi connectivity index (χ0) is 12.8.